The third-order valence-corrected chi connectivity index (χ3v) is 4.28. The lowest BCUT2D eigenvalue weighted by atomic mass is 10.1. The highest BCUT2D eigenvalue weighted by Crippen LogP contribution is 2.18. The van der Waals surface area contributed by atoms with Crippen LogP contribution < -0.4 is 4.74 Å². The topological polar surface area (TPSA) is 46.5 Å². The molecule has 1 rings (SSSR count). The molecule has 3 nitrogen and oxygen atoms in total. The van der Waals surface area contributed by atoms with Gasteiger partial charge in [-0.25, -0.2) is 4.79 Å². The molecule has 0 heterocycles. The van der Waals surface area contributed by atoms with Gasteiger partial charge in [0.05, 0.1) is 6.61 Å². The second-order valence-electron chi connectivity index (χ2n) is 6.53. The predicted molar refractivity (Wildman–Crippen MR) is 104 cm³/mol. The maximum absolute atomic E-state index is 11.1. The number of unbranched alkanes of at least 4 members (excludes halogenated alkanes) is 9. The first-order chi connectivity index (χ1) is 12.3. The lowest BCUT2D eigenvalue weighted by Gasteiger charge is -2.08. The molecule has 1 aromatic carbocycles. The van der Waals surface area contributed by atoms with E-state index in [0.29, 0.717) is 12.4 Å². The van der Waals surface area contributed by atoms with E-state index in [9.17, 15) is 4.79 Å². The van der Waals surface area contributed by atoms with Crippen molar-refractivity contribution in [3.05, 3.63) is 42.0 Å². The molecule has 0 saturated carbocycles. The molecule has 0 radical (unpaired) electrons. The molecule has 1 aromatic rings. The highest BCUT2D eigenvalue weighted by molar-refractivity contribution is 5.90. The lowest BCUT2D eigenvalue weighted by Crippen LogP contribution is -2.04. The van der Waals surface area contributed by atoms with Crippen molar-refractivity contribution in [1.82, 2.24) is 0 Å². The average molecular weight is 347 g/mol. The van der Waals surface area contributed by atoms with Crippen molar-refractivity contribution in [2.75, 3.05) is 6.61 Å². The Labute approximate surface area is 153 Å². The summed E-state index contributed by atoms with van der Waals surface area (Å²) in [6.45, 7) is 2.83. The molecule has 3 heteroatoms. The molecule has 0 aliphatic rings. The standard InChI is InChI=1S/C22H34O3/c1-2-3-4-5-6-7-8-9-10-11-12-13-16-19-25-21-18-15-14-17-20(21)22(23)24/h7-8,14-15,17-18H,2-6,9-13,16,19H2,1H3,(H,23,24). The van der Waals surface area contributed by atoms with Gasteiger partial charge in [0.15, 0.2) is 0 Å². The van der Waals surface area contributed by atoms with E-state index in [1.165, 1.54) is 57.8 Å². The van der Waals surface area contributed by atoms with Crippen LogP contribution in [0.5, 0.6) is 5.75 Å². The summed E-state index contributed by atoms with van der Waals surface area (Å²) in [6.07, 6.45) is 18.3. The molecule has 0 fully saturated rings. The van der Waals surface area contributed by atoms with Crippen molar-refractivity contribution in [3.8, 4) is 5.75 Å². The summed E-state index contributed by atoms with van der Waals surface area (Å²) >= 11 is 0. The quantitative estimate of drug-likeness (QED) is 0.286. The average Bonchev–Trinajstić information content (AvgIpc) is 2.62. The zero-order valence-corrected chi connectivity index (χ0v) is 15.7. The fourth-order valence-corrected chi connectivity index (χ4v) is 2.77. The molecule has 25 heavy (non-hydrogen) atoms. The molecule has 0 atom stereocenters. The van der Waals surface area contributed by atoms with E-state index in [0.717, 1.165) is 12.8 Å². The van der Waals surface area contributed by atoms with Crippen LogP contribution >= 0.6 is 0 Å². The smallest absolute Gasteiger partial charge is 0.339 e. The van der Waals surface area contributed by atoms with Crippen molar-refractivity contribution >= 4 is 5.97 Å². The largest absolute Gasteiger partial charge is 0.493 e. The molecule has 0 spiro atoms. The van der Waals surface area contributed by atoms with Crippen LogP contribution in [0.2, 0.25) is 0 Å². The summed E-state index contributed by atoms with van der Waals surface area (Å²) in [7, 11) is 0. The van der Waals surface area contributed by atoms with Crippen LogP contribution in [-0.2, 0) is 0 Å². The van der Waals surface area contributed by atoms with Gasteiger partial charge in [-0.2, -0.15) is 0 Å². The Morgan fingerprint density at radius 2 is 1.52 bits per heavy atom. The molecular formula is C22H34O3. The lowest BCUT2D eigenvalue weighted by molar-refractivity contribution is 0.0692. The third-order valence-electron chi connectivity index (χ3n) is 4.28. The van der Waals surface area contributed by atoms with Gasteiger partial charge < -0.3 is 9.84 Å². The summed E-state index contributed by atoms with van der Waals surface area (Å²) in [6, 6.07) is 6.82. The number of hydrogen-bond acceptors (Lipinski definition) is 2. The van der Waals surface area contributed by atoms with Gasteiger partial charge in [0.1, 0.15) is 11.3 Å². The Hall–Kier alpha value is -1.77. The number of para-hydroxylation sites is 1. The highest BCUT2D eigenvalue weighted by Gasteiger charge is 2.09. The summed E-state index contributed by atoms with van der Waals surface area (Å²) in [4.78, 5) is 11.1. The molecule has 0 aromatic heterocycles. The minimum Gasteiger partial charge on any atom is -0.493 e. The first-order valence-electron chi connectivity index (χ1n) is 9.85. The third kappa shape index (κ3) is 10.6. The van der Waals surface area contributed by atoms with E-state index in [1.807, 2.05) is 0 Å². The van der Waals surface area contributed by atoms with Crippen LogP contribution in [0.1, 0.15) is 87.9 Å². The van der Waals surface area contributed by atoms with Gasteiger partial charge in [-0.15, -0.1) is 0 Å². The Morgan fingerprint density at radius 1 is 0.920 bits per heavy atom. The molecule has 0 unspecified atom stereocenters. The number of carboxylic acid groups (broad SMARTS) is 1. The van der Waals surface area contributed by atoms with Gasteiger partial charge in [-0.1, -0.05) is 69.7 Å². The minimum absolute atomic E-state index is 0.240. The number of carboxylic acids is 1. The Bertz CT molecular complexity index is 494. The Kier molecular flexibility index (Phi) is 12.4. The molecule has 0 aliphatic heterocycles. The number of hydrogen-bond donors (Lipinski definition) is 1. The zero-order valence-electron chi connectivity index (χ0n) is 15.7. The molecular weight excluding hydrogens is 312 g/mol. The summed E-state index contributed by atoms with van der Waals surface area (Å²) in [5.74, 6) is -0.465. The second-order valence-corrected chi connectivity index (χ2v) is 6.53. The monoisotopic (exact) mass is 346 g/mol. The maximum Gasteiger partial charge on any atom is 0.339 e. The van der Waals surface area contributed by atoms with E-state index in [4.69, 9.17) is 9.84 Å². The number of benzene rings is 1. The molecule has 1 N–H and O–H groups in total. The summed E-state index contributed by atoms with van der Waals surface area (Å²) in [5, 5.41) is 9.10. The van der Waals surface area contributed by atoms with Crippen LogP contribution in [-0.4, -0.2) is 17.7 Å². The molecule has 0 amide bonds. The number of carbonyl (C=O) groups is 1. The highest BCUT2D eigenvalue weighted by atomic mass is 16.5. The fourth-order valence-electron chi connectivity index (χ4n) is 2.77. The summed E-state index contributed by atoms with van der Waals surface area (Å²) in [5.41, 5.74) is 0.240. The van der Waals surface area contributed by atoms with Gasteiger partial charge in [0, 0.05) is 0 Å². The number of aromatic carboxylic acids is 1. The normalized spacial score (nSPS) is 11.1. The van der Waals surface area contributed by atoms with Crippen molar-refractivity contribution in [2.24, 2.45) is 0 Å². The molecule has 0 saturated heterocycles. The molecule has 0 aliphatic carbocycles. The van der Waals surface area contributed by atoms with Gasteiger partial charge in [0.25, 0.3) is 0 Å². The Balaban J connectivity index is 1.96. The maximum atomic E-state index is 11.1. The zero-order chi connectivity index (χ0) is 18.2. The van der Waals surface area contributed by atoms with Crippen LogP contribution in [0.4, 0.5) is 0 Å². The number of allylic oxidation sites excluding steroid dienone is 2. The van der Waals surface area contributed by atoms with Crippen LogP contribution in [0.25, 0.3) is 0 Å². The minimum atomic E-state index is -0.936. The fraction of sp³-hybridized carbons (Fsp3) is 0.591. The van der Waals surface area contributed by atoms with Crippen LogP contribution in [0.3, 0.4) is 0 Å². The Morgan fingerprint density at radius 3 is 2.20 bits per heavy atom. The van der Waals surface area contributed by atoms with Gasteiger partial charge in [0.2, 0.25) is 0 Å². The van der Waals surface area contributed by atoms with Crippen molar-refractivity contribution < 1.29 is 14.6 Å². The van der Waals surface area contributed by atoms with E-state index >= 15 is 0 Å². The second kappa shape index (κ2) is 14.6. The van der Waals surface area contributed by atoms with Gasteiger partial charge in [-0.3, -0.25) is 0 Å². The van der Waals surface area contributed by atoms with Gasteiger partial charge in [-0.05, 0) is 44.2 Å². The van der Waals surface area contributed by atoms with Crippen LogP contribution in [0, 0.1) is 0 Å². The molecule has 0 bridgehead atoms. The van der Waals surface area contributed by atoms with Crippen molar-refractivity contribution in [1.29, 1.82) is 0 Å². The van der Waals surface area contributed by atoms with Crippen molar-refractivity contribution in [3.63, 3.8) is 0 Å². The van der Waals surface area contributed by atoms with E-state index in [2.05, 4.69) is 19.1 Å². The predicted octanol–water partition coefficient (Wildman–Crippen LogP) is 6.63. The SMILES string of the molecule is CCCCCCC=CCCCCCCCOc1ccccc1C(=O)O. The van der Waals surface area contributed by atoms with Gasteiger partial charge >= 0.3 is 5.97 Å². The first-order valence-corrected chi connectivity index (χ1v) is 9.85. The van der Waals surface area contributed by atoms with E-state index in [1.54, 1.807) is 24.3 Å². The van der Waals surface area contributed by atoms with E-state index < -0.39 is 5.97 Å². The molecule has 140 valence electrons. The number of ether oxygens (including phenoxy) is 1. The van der Waals surface area contributed by atoms with Crippen molar-refractivity contribution in [2.45, 2.75) is 77.6 Å². The number of rotatable bonds is 15. The summed E-state index contributed by atoms with van der Waals surface area (Å²) < 4.78 is 5.61. The van der Waals surface area contributed by atoms with Crippen LogP contribution in [0.15, 0.2) is 36.4 Å². The first kappa shape index (κ1) is 21.3. The van der Waals surface area contributed by atoms with E-state index in [-0.39, 0.29) is 5.56 Å².